The SMILES string of the molecule is Cn1cc(Cn2nnnc2N2CCC(C3(C)OCCO3)CC2)cn1. The molecule has 2 aromatic rings. The molecule has 0 radical (unpaired) electrons. The summed E-state index contributed by atoms with van der Waals surface area (Å²) in [5.74, 6) is 0.808. The van der Waals surface area contributed by atoms with Gasteiger partial charge in [-0.15, -0.1) is 0 Å². The Morgan fingerprint density at radius 1 is 1.25 bits per heavy atom. The zero-order chi connectivity index (χ0) is 16.6. The van der Waals surface area contributed by atoms with E-state index in [0.717, 1.165) is 37.4 Å². The number of anilines is 1. The van der Waals surface area contributed by atoms with Crippen LogP contribution in [0.4, 0.5) is 5.95 Å². The van der Waals surface area contributed by atoms with Crippen molar-refractivity contribution in [3.8, 4) is 0 Å². The molecule has 0 spiro atoms. The fraction of sp³-hybridized carbons (Fsp3) is 0.733. The number of nitrogens with zero attached hydrogens (tertiary/aromatic N) is 7. The van der Waals surface area contributed by atoms with Crippen LogP contribution in [0, 0.1) is 5.92 Å². The van der Waals surface area contributed by atoms with E-state index in [2.05, 4.69) is 32.4 Å². The molecule has 2 aromatic heterocycles. The van der Waals surface area contributed by atoms with E-state index in [1.165, 1.54) is 0 Å². The van der Waals surface area contributed by atoms with Crippen molar-refractivity contribution in [3.63, 3.8) is 0 Å². The summed E-state index contributed by atoms with van der Waals surface area (Å²) in [4.78, 5) is 2.24. The molecule has 2 fully saturated rings. The van der Waals surface area contributed by atoms with Crippen LogP contribution in [0.1, 0.15) is 25.3 Å². The van der Waals surface area contributed by atoms with Crippen LogP contribution in [0.2, 0.25) is 0 Å². The van der Waals surface area contributed by atoms with Crippen molar-refractivity contribution < 1.29 is 9.47 Å². The van der Waals surface area contributed by atoms with Gasteiger partial charge in [-0.05, 0) is 30.2 Å². The summed E-state index contributed by atoms with van der Waals surface area (Å²) in [5.41, 5.74) is 1.08. The Balaban J connectivity index is 1.42. The van der Waals surface area contributed by atoms with Gasteiger partial charge in [-0.3, -0.25) is 4.68 Å². The van der Waals surface area contributed by atoms with Gasteiger partial charge in [0.05, 0.1) is 26.0 Å². The number of aryl methyl sites for hydroxylation is 1. The van der Waals surface area contributed by atoms with E-state index in [0.29, 0.717) is 25.7 Å². The first-order chi connectivity index (χ1) is 11.6. The predicted octanol–water partition coefficient (Wildman–Crippen LogP) is 0.434. The number of hydrogen-bond acceptors (Lipinski definition) is 7. The summed E-state index contributed by atoms with van der Waals surface area (Å²) >= 11 is 0. The average Bonchev–Trinajstić information content (AvgIpc) is 3.31. The Labute approximate surface area is 140 Å². The number of aromatic nitrogens is 6. The van der Waals surface area contributed by atoms with Gasteiger partial charge in [-0.2, -0.15) is 5.10 Å². The molecule has 0 atom stereocenters. The summed E-state index contributed by atoms with van der Waals surface area (Å²) in [6.07, 6.45) is 5.84. The molecule has 0 aromatic carbocycles. The summed E-state index contributed by atoms with van der Waals surface area (Å²) in [5, 5.41) is 16.4. The van der Waals surface area contributed by atoms with E-state index in [1.54, 1.807) is 4.68 Å². The van der Waals surface area contributed by atoms with Gasteiger partial charge in [0, 0.05) is 37.8 Å². The van der Waals surface area contributed by atoms with Gasteiger partial charge in [0.15, 0.2) is 5.79 Å². The minimum absolute atomic E-state index is 0.416. The molecule has 4 rings (SSSR count). The Kier molecular flexibility index (Phi) is 3.97. The van der Waals surface area contributed by atoms with Gasteiger partial charge in [-0.1, -0.05) is 5.10 Å². The Bertz CT molecular complexity index is 684. The van der Waals surface area contributed by atoms with E-state index in [4.69, 9.17) is 9.47 Å². The molecule has 0 N–H and O–H groups in total. The smallest absolute Gasteiger partial charge is 0.245 e. The predicted molar refractivity (Wildman–Crippen MR) is 85.4 cm³/mol. The molecule has 0 aliphatic carbocycles. The first-order valence-electron chi connectivity index (χ1n) is 8.40. The maximum atomic E-state index is 5.82. The standard InChI is InChI=1S/C15H23N7O2/c1-15(23-7-8-24-15)13-3-5-21(6-4-13)14-17-18-19-22(14)11-12-9-16-20(2)10-12/h9-10,13H,3-8,11H2,1-2H3. The minimum Gasteiger partial charge on any atom is -0.348 e. The fourth-order valence-electron chi connectivity index (χ4n) is 3.63. The van der Waals surface area contributed by atoms with Crippen molar-refractivity contribution in [2.24, 2.45) is 13.0 Å². The van der Waals surface area contributed by atoms with Gasteiger partial charge in [0.2, 0.25) is 5.95 Å². The van der Waals surface area contributed by atoms with Crippen molar-refractivity contribution in [2.75, 3.05) is 31.2 Å². The molecule has 2 saturated heterocycles. The molecule has 0 unspecified atom stereocenters. The highest BCUT2D eigenvalue weighted by Crippen LogP contribution is 2.35. The van der Waals surface area contributed by atoms with E-state index in [9.17, 15) is 0 Å². The van der Waals surface area contributed by atoms with Crippen LogP contribution in [0.15, 0.2) is 12.4 Å². The Morgan fingerprint density at radius 2 is 2.00 bits per heavy atom. The first kappa shape index (κ1) is 15.5. The topological polar surface area (TPSA) is 83.1 Å². The van der Waals surface area contributed by atoms with Gasteiger partial charge in [0.25, 0.3) is 0 Å². The van der Waals surface area contributed by atoms with E-state index >= 15 is 0 Å². The maximum Gasteiger partial charge on any atom is 0.245 e. The zero-order valence-electron chi connectivity index (χ0n) is 14.1. The van der Waals surface area contributed by atoms with E-state index in [1.807, 2.05) is 24.1 Å². The van der Waals surface area contributed by atoms with Crippen LogP contribution in [-0.2, 0) is 23.1 Å². The largest absolute Gasteiger partial charge is 0.348 e. The molecule has 2 aliphatic heterocycles. The number of piperidine rings is 1. The van der Waals surface area contributed by atoms with Crippen molar-refractivity contribution in [1.29, 1.82) is 0 Å². The lowest BCUT2D eigenvalue weighted by atomic mass is 9.89. The number of rotatable bonds is 4. The third-order valence-corrected chi connectivity index (χ3v) is 4.98. The molecule has 24 heavy (non-hydrogen) atoms. The van der Waals surface area contributed by atoms with Crippen molar-refractivity contribution in [2.45, 2.75) is 32.1 Å². The van der Waals surface area contributed by atoms with Crippen LogP contribution in [0.3, 0.4) is 0 Å². The third kappa shape index (κ3) is 2.89. The molecule has 4 heterocycles. The van der Waals surface area contributed by atoms with Gasteiger partial charge >= 0.3 is 0 Å². The normalized spacial score (nSPS) is 21.5. The zero-order valence-corrected chi connectivity index (χ0v) is 14.1. The highest BCUT2D eigenvalue weighted by atomic mass is 16.7. The van der Waals surface area contributed by atoms with Crippen LogP contribution in [0.5, 0.6) is 0 Å². The number of ether oxygens (including phenoxy) is 2. The third-order valence-electron chi connectivity index (χ3n) is 4.98. The molecule has 2 aliphatic rings. The molecule has 0 amide bonds. The molecule has 130 valence electrons. The molecular weight excluding hydrogens is 310 g/mol. The average molecular weight is 333 g/mol. The molecular formula is C15H23N7O2. The number of tetrazole rings is 1. The van der Waals surface area contributed by atoms with Crippen molar-refractivity contribution in [1.82, 2.24) is 30.0 Å². The van der Waals surface area contributed by atoms with Crippen LogP contribution in [0.25, 0.3) is 0 Å². The van der Waals surface area contributed by atoms with Crippen LogP contribution < -0.4 is 4.90 Å². The molecule has 9 nitrogen and oxygen atoms in total. The lowest BCUT2D eigenvalue weighted by Gasteiger charge is -2.39. The van der Waals surface area contributed by atoms with Crippen LogP contribution >= 0.6 is 0 Å². The monoisotopic (exact) mass is 333 g/mol. The molecule has 9 heteroatoms. The summed E-state index contributed by atoms with van der Waals surface area (Å²) < 4.78 is 15.3. The lowest BCUT2D eigenvalue weighted by Crippen LogP contribution is -2.45. The minimum atomic E-state index is -0.423. The quantitative estimate of drug-likeness (QED) is 0.802. The maximum absolute atomic E-state index is 5.82. The summed E-state index contributed by atoms with van der Waals surface area (Å²) in [7, 11) is 1.91. The molecule has 0 bridgehead atoms. The second-order valence-corrected chi connectivity index (χ2v) is 6.63. The highest BCUT2D eigenvalue weighted by molar-refractivity contribution is 5.29. The van der Waals surface area contributed by atoms with Gasteiger partial charge < -0.3 is 14.4 Å². The summed E-state index contributed by atoms with van der Waals surface area (Å²) in [6, 6.07) is 0. The Morgan fingerprint density at radius 3 is 2.67 bits per heavy atom. The van der Waals surface area contributed by atoms with Crippen molar-refractivity contribution >= 4 is 5.95 Å². The second-order valence-electron chi connectivity index (χ2n) is 6.63. The second kappa shape index (κ2) is 6.14. The van der Waals surface area contributed by atoms with Crippen LogP contribution in [-0.4, -0.2) is 62.1 Å². The van der Waals surface area contributed by atoms with E-state index in [-0.39, 0.29) is 0 Å². The summed E-state index contributed by atoms with van der Waals surface area (Å²) in [6.45, 7) is 5.88. The van der Waals surface area contributed by atoms with Crippen molar-refractivity contribution in [3.05, 3.63) is 18.0 Å². The Hall–Kier alpha value is -2.00. The first-order valence-corrected chi connectivity index (χ1v) is 8.40. The highest BCUT2D eigenvalue weighted by Gasteiger charge is 2.41. The lowest BCUT2D eigenvalue weighted by molar-refractivity contribution is -0.185. The number of hydrogen-bond donors (Lipinski definition) is 0. The van der Waals surface area contributed by atoms with Gasteiger partial charge in [-0.25, -0.2) is 4.68 Å². The molecule has 0 saturated carbocycles. The van der Waals surface area contributed by atoms with Gasteiger partial charge in [0.1, 0.15) is 0 Å². The van der Waals surface area contributed by atoms with E-state index < -0.39 is 5.79 Å². The fourth-order valence-corrected chi connectivity index (χ4v) is 3.63.